The van der Waals surface area contributed by atoms with Crippen LogP contribution in [0.3, 0.4) is 0 Å². The minimum atomic E-state index is -0.0945. The summed E-state index contributed by atoms with van der Waals surface area (Å²) in [6, 6.07) is 6.27. The third-order valence-corrected chi connectivity index (χ3v) is 5.24. The minimum absolute atomic E-state index is 0.0917. The van der Waals surface area contributed by atoms with E-state index in [4.69, 9.17) is 9.47 Å². The van der Waals surface area contributed by atoms with E-state index in [1.54, 1.807) is 14.2 Å². The van der Waals surface area contributed by atoms with Gasteiger partial charge in [-0.1, -0.05) is 13.0 Å². The fourth-order valence-corrected chi connectivity index (χ4v) is 3.93. The number of hydrogen-bond acceptors (Lipinski definition) is 4. The molecule has 0 aromatic heterocycles. The molecule has 0 saturated carbocycles. The first-order chi connectivity index (χ1) is 11.4. The molecular weight excluding hydrogens is 304 g/mol. The lowest BCUT2D eigenvalue weighted by molar-refractivity contribution is -0.136. The first-order valence-corrected chi connectivity index (χ1v) is 8.66. The molecule has 1 heterocycles. The predicted molar refractivity (Wildman–Crippen MR) is 93.2 cm³/mol. The van der Waals surface area contributed by atoms with Gasteiger partial charge in [0.15, 0.2) is 0 Å². The van der Waals surface area contributed by atoms with Crippen LogP contribution in [0.25, 0.3) is 0 Å². The van der Waals surface area contributed by atoms with Crippen LogP contribution >= 0.6 is 0 Å². The first kappa shape index (κ1) is 17.2. The summed E-state index contributed by atoms with van der Waals surface area (Å²) in [5, 5.41) is 3.23. The number of ether oxygens (including phenoxy) is 2. The second-order valence-corrected chi connectivity index (χ2v) is 7.53. The van der Waals surface area contributed by atoms with Crippen LogP contribution in [0.4, 0.5) is 0 Å². The monoisotopic (exact) mass is 332 g/mol. The summed E-state index contributed by atoms with van der Waals surface area (Å²) in [6.45, 7) is 6.38. The van der Waals surface area contributed by atoms with Crippen molar-refractivity contribution in [3.8, 4) is 5.75 Å². The lowest BCUT2D eigenvalue weighted by Crippen LogP contribution is -2.62. The highest BCUT2D eigenvalue weighted by Crippen LogP contribution is 2.35. The van der Waals surface area contributed by atoms with Gasteiger partial charge in [0.2, 0.25) is 5.91 Å². The first-order valence-electron chi connectivity index (χ1n) is 8.66. The number of carbonyl (C=O) groups excluding carboxylic acids is 1. The van der Waals surface area contributed by atoms with Crippen molar-refractivity contribution in [1.29, 1.82) is 0 Å². The molecule has 2 atom stereocenters. The van der Waals surface area contributed by atoms with Crippen LogP contribution in [0.15, 0.2) is 18.2 Å². The van der Waals surface area contributed by atoms with Gasteiger partial charge in [0.25, 0.3) is 0 Å². The second kappa shape index (κ2) is 6.73. The van der Waals surface area contributed by atoms with E-state index in [-0.39, 0.29) is 17.6 Å². The van der Waals surface area contributed by atoms with Gasteiger partial charge in [-0.15, -0.1) is 0 Å². The summed E-state index contributed by atoms with van der Waals surface area (Å²) >= 11 is 0. The molecule has 5 heteroatoms. The summed E-state index contributed by atoms with van der Waals surface area (Å²) < 4.78 is 10.8. The van der Waals surface area contributed by atoms with Crippen LogP contribution in [0.1, 0.15) is 37.4 Å². The molecule has 2 unspecified atom stereocenters. The van der Waals surface area contributed by atoms with Crippen molar-refractivity contribution in [2.45, 2.75) is 38.3 Å². The van der Waals surface area contributed by atoms with E-state index >= 15 is 0 Å². The van der Waals surface area contributed by atoms with Crippen molar-refractivity contribution >= 4 is 5.91 Å². The Labute approximate surface area is 144 Å². The fraction of sp³-hybridized carbons (Fsp3) is 0.632. The van der Waals surface area contributed by atoms with Crippen LogP contribution in [-0.2, 0) is 16.0 Å². The number of nitrogens with zero attached hydrogens (tertiary/aromatic N) is 1. The number of hydrogen-bond donors (Lipinski definition) is 1. The number of likely N-dealkylation sites (tertiary alicyclic amines) is 1. The van der Waals surface area contributed by atoms with Gasteiger partial charge in [-0.25, -0.2) is 0 Å². The Morgan fingerprint density at radius 1 is 1.38 bits per heavy atom. The Kier molecular flexibility index (Phi) is 4.83. The molecule has 5 nitrogen and oxygen atoms in total. The number of amides is 1. The van der Waals surface area contributed by atoms with Gasteiger partial charge in [0.05, 0.1) is 25.3 Å². The van der Waals surface area contributed by atoms with Gasteiger partial charge < -0.3 is 14.8 Å². The summed E-state index contributed by atoms with van der Waals surface area (Å²) in [6.07, 6.45) is 2.03. The molecule has 1 aromatic carbocycles. The standard InChI is InChI=1S/C19H28N2O3/c1-13-7-14-9-15(23-3)5-6-16(14)17(8-13)20-18(22)10-21-11-19(2,12-21)24-4/h5-6,9,13,17H,7-8,10-12H2,1-4H3,(H,20,22). The van der Waals surface area contributed by atoms with Gasteiger partial charge in [0, 0.05) is 20.2 Å². The van der Waals surface area contributed by atoms with E-state index in [1.165, 1.54) is 11.1 Å². The van der Waals surface area contributed by atoms with Crippen molar-refractivity contribution in [3.05, 3.63) is 29.3 Å². The second-order valence-electron chi connectivity index (χ2n) is 7.53. The van der Waals surface area contributed by atoms with E-state index < -0.39 is 0 Å². The van der Waals surface area contributed by atoms with Crippen molar-refractivity contribution in [2.24, 2.45) is 5.92 Å². The zero-order valence-corrected chi connectivity index (χ0v) is 15.1. The van der Waals surface area contributed by atoms with Gasteiger partial charge >= 0.3 is 0 Å². The lowest BCUT2D eigenvalue weighted by Gasteiger charge is -2.46. The molecule has 132 valence electrons. The van der Waals surface area contributed by atoms with E-state index in [0.29, 0.717) is 12.5 Å². The molecule has 0 bridgehead atoms. The molecule has 1 fully saturated rings. The SMILES string of the molecule is COc1ccc2c(c1)CC(C)CC2NC(=O)CN1CC(C)(OC)C1. The number of benzene rings is 1. The highest BCUT2D eigenvalue weighted by molar-refractivity contribution is 5.78. The Morgan fingerprint density at radius 3 is 2.79 bits per heavy atom. The molecule has 1 N–H and O–H groups in total. The van der Waals surface area contributed by atoms with Crippen molar-refractivity contribution in [3.63, 3.8) is 0 Å². The summed E-state index contributed by atoms with van der Waals surface area (Å²) in [5.41, 5.74) is 2.42. The minimum Gasteiger partial charge on any atom is -0.497 e. The van der Waals surface area contributed by atoms with E-state index in [0.717, 1.165) is 31.7 Å². The largest absolute Gasteiger partial charge is 0.497 e. The third-order valence-electron chi connectivity index (χ3n) is 5.24. The topological polar surface area (TPSA) is 50.8 Å². The van der Waals surface area contributed by atoms with Crippen molar-refractivity contribution in [2.75, 3.05) is 33.9 Å². The molecule has 24 heavy (non-hydrogen) atoms. The molecule has 1 saturated heterocycles. The number of fused-ring (bicyclic) bond motifs is 1. The van der Waals surface area contributed by atoms with Crippen LogP contribution in [-0.4, -0.2) is 50.3 Å². The average Bonchev–Trinajstić information content (AvgIpc) is 2.52. The van der Waals surface area contributed by atoms with Crippen LogP contribution in [0.2, 0.25) is 0 Å². The molecule has 1 aliphatic heterocycles. The summed E-state index contributed by atoms with van der Waals surface area (Å²) in [7, 11) is 3.42. The Balaban J connectivity index is 1.62. The van der Waals surface area contributed by atoms with Crippen LogP contribution in [0, 0.1) is 5.92 Å². The van der Waals surface area contributed by atoms with Crippen LogP contribution < -0.4 is 10.1 Å². The van der Waals surface area contributed by atoms with E-state index in [9.17, 15) is 4.79 Å². The number of methoxy groups -OCH3 is 2. The Bertz CT molecular complexity index is 611. The zero-order valence-electron chi connectivity index (χ0n) is 15.1. The Morgan fingerprint density at radius 2 is 2.12 bits per heavy atom. The maximum atomic E-state index is 12.4. The molecule has 0 radical (unpaired) electrons. The molecule has 0 spiro atoms. The highest BCUT2D eigenvalue weighted by Gasteiger charge is 2.39. The predicted octanol–water partition coefficient (Wildman–Crippen LogP) is 2.16. The molecule has 1 aromatic rings. The fourth-order valence-electron chi connectivity index (χ4n) is 3.93. The van der Waals surface area contributed by atoms with E-state index in [1.807, 2.05) is 6.07 Å². The van der Waals surface area contributed by atoms with Gasteiger partial charge in [-0.05, 0) is 48.9 Å². The van der Waals surface area contributed by atoms with E-state index in [2.05, 4.69) is 36.2 Å². The molecule has 1 amide bonds. The normalized spacial score (nSPS) is 25.5. The number of rotatable bonds is 5. The lowest BCUT2D eigenvalue weighted by atomic mass is 9.81. The number of carbonyl (C=O) groups is 1. The van der Waals surface area contributed by atoms with Gasteiger partial charge in [-0.3, -0.25) is 9.69 Å². The Hall–Kier alpha value is -1.59. The number of nitrogens with one attached hydrogen (secondary N) is 1. The quantitative estimate of drug-likeness (QED) is 0.898. The summed E-state index contributed by atoms with van der Waals surface area (Å²) in [4.78, 5) is 14.6. The zero-order chi connectivity index (χ0) is 17.3. The van der Waals surface area contributed by atoms with Crippen molar-refractivity contribution in [1.82, 2.24) is 10.2 Å². The maximum absolute atomic E-state index is 12.4. The third kappa shape index (κ3) is 3.57. The smallest absolute Gasteiger partial charge is 0.234 e. The van der Waals surface area contributed by atoms with Crippen LogP contribution in [0.5, 0.6) is 5.75 Å². The molecular formula is C19H28N2O3. The van der Waals surface area contributed by atoms with Gasteiger partial charge in [0.1, 0.15) is 5.75 Å². The highest BCUT2D eigenvalue weighted by atomic mass is 16.5. The molecule has 1 aliphatic carbocycles. The average molecular weight is 332 g/mol. The maximum Gasteiger partial charge on any atom is 0.234 e. The summed E-state index contributed by atoms with van der Waals surface area (Å²) in [5.74, 6) is 1.53. The van der Waals surface area contributed by atoms with Crippen molar-refractivity contribution < 1.29 is 14.3 Å². The van der Waals surface area contributed by atoms with Gasteiger partial charge in [-0.2, -0.15) is 0 Å². The molecule has 2 aliphatic rings. The molecule has 3 rings (SSSR count).